The van der Waals surface area contributed by atoms with Crippen molar-refractivity contribution < 1.29 is 0 Å². The summed E-state index contributed by atoms with van der Waals surface area (Å²) in [6.45, 7) is 4.79. The summed E-state index contributed by atoms with van der Waals surface area (Å²) >= 11 is 1.90. The number of rotatable bonds is 7. The molecule has 3 nitrogen and oxygen atoms in total. The fourth-order valence-corrected chi connectivity index (χ4v) is 16.1. The predicted molar refractivity (Wildman–Crippen MR) is 362 cm³/mol. The summed E-state index contributed by atoms with van der Waals surface area (Å²) in [5.74, 6) is 0. The fraction of sp³-hybridized carbons (Fsp3) is 0.0617. The van der Waals surface area contributed by atoms with E-state index >= 15 is 0 Å². The van der Waals surface area contributed by atoms with Crippen LogP contribution in [0.2, 0.25) is 0 Å². The topological polar surface area (TPSA) is 14.8 Å². The van der Waals surface area contributed by atoms with Gasteiger partial charge in [-0.2, -0.15) is 0 Å². The number of aromatic nitrogens is 3. The van der Waals surface area contributed by atoms with Crippen LogP contribution in [0.15, 0.2) is 267 Å². The monoisotopic (exact) mass is 1100 g/mol. The lowest BCUT2D eigenvalue weighted by molar-refractivity contribution is 0.660. The minimum atomic E-state index is -0.165. The maximum atomic E-state index is 2.54. The van der Waals surface area contributed by atoms with E-state index in [2.05, 4.69) is 301 Å². The Bertz CT molecular complexity index is 5420. The van der Waals surface area contributed by atoms with Crippen LogP contribution in [0.1, 0.15) is 42.7 Å². The molecule has 400 valence electrons. The number of para-hydroxylation sites is 2. The molecular weight excluding hydrogens is 1050 g/mol. The van der Waals surface area contributed by atoms with E-state index in [1.807, 2.05) is 11.3 Å². The van der Waals surface area contributed by atoms with Crippen LogP contribution in [-0.2, 0) is 11.8 Å². The molecule has 85 heavy (non-hydrogen) atoms. The first-order chi connectivity index (χ1) is 41.9. The van der Waals surface area contributed by atoms with Gasteiger partial charge < -0.3 is 13.7 Å². The van der Waals surface area contributed by atoms with Gasteiger partial charge in [-0.15, -0.1) is 11.3 Å². The molecule has 0 atom stereocenters. The van der Waals surface area contributed by atoms with Gasteiger partial charge >= 0.3 is 0 Å². The molecule has 0 aliphatic heterocycles. The van der Waals surface area contributed by atoms with E-state index in [1.54, 1.807) is 0 Å². The molecule has 2 aliphatic carbocycles. The maximum absolute atomic E-state index is 2.54. The Morgan fingerprint density at radius 1 is 0.341 bits per heavy atom. The van der Waals surface area contributed by atoms with Gasteiger partial charge in [0.05, 0.1) is 32.3 Å². The number of fused-ring (bicyclic) bond motifs is 16. The number of thiophene rings is 1. The summed E-state index contributed by atoms with van der Waals surface area (Å²) in [5, 5.41) is 8.96. The molecule has 0 unspecified atom stereocenters. The highest BCUT2D eigenvalue weighted by Gasteiger charge is 2.36. The zero-order chi connectivity index (χ0) is 56.1. The van der Waals surface area contributed by atoms with Gasteiger partial charge in [-0.1, -0.05) is 184 Å². The van der Waals surface area contributed by atoms with Crippen molar-refractivity contribution in [2.45, 2.75) is 32.1 Å². The van der Waals surface area contributed by atoms with Crippen LogP contribution >= 0.6 is 11.3 Å². The molecule has 0 radical (unpaired) electrons. The van der Waals surface area contributed by atoms with Crippen molar-refractivity contribution in [3.05, 3.63) is 289 Å². The Hall–Kier alpha value is -10.3. The van der Waals surface area contributed by atoms with E-state index in [0.717, 1.165) is 18.5 Å². The molecule has 0 saturated heterocycles. The first-order valence-corrected chi connectivity index (χ1v) is 30.6. The van der Waals surface area contributed by atoms with Gasteiger partial charge in [-0.3, -0.25) is 0 Å². The Morgan fingerprint density at radius 3 is 1.49 bits per heavy atom. The lowest BCUT2D eigenvalue weighted by Gasteiger charge is -2.21. The molecule has 0 bridgehead atoms. The second-order valence-corrected chi connectivity index (χ2v) is 25.0. The number of allylic oxidation sites excluding steroid dienone is 1. The second kappa shape index (κ2) is 18.4. The summed E-state index contributed by atoms with van der Waals surface area (Å²) in [5.41, 5.74) is 27.1. The van der Waals surface area contributed by atoms with Crippen LogP contribution in [0.5, 0.6) is 0 Å². The third-order valence-electron chi connectivity index (χ3n) is 18.9. The van der Waals surface area contributed by atoms with Crippen molar-refractivity contribution in [1.29, 1.82) is 0 Å². The van der Waals surface area contributed by atoms with Crippen LogP contribution in [0.25, 0.3) is 153 Å². The first-order valence-electron chi connectivity index (χ1n) is 29.8. The lowest BCUT2D eigenvalue weighted by atomic mass is 9.82. The molecule has 0 spiro atoms. The van der Waals surface area contributed by atoms with E-state index in [1.165, 1.54) is 164 Å². The zero-order valence-corrected chi connectivity index (χ0v) is 48.0. The average Bonchev–Trinajstić information content (AvgIpc) is 1.83. The highest BCUT2D eigenvalue weighted by molar-refractivity contribution is 7.26. The SMILES string of the molecule is CC1(C)c2ccc(-c3ccc4c(c3)c3cc5c(cc3n4-c3cc(-c4ccccc4)cc(-c4ccccc4)c3)c3c(n5-c4ccccc4)C=CCC3)cc2-c2cc(-c3ccc4c(c3)c3ccc5c6ccccc6sc5c3n4-c3ccccc3)ccc21. The number of benzene rings is 12. The Balaban J connectivity index is 0.816. The van der Waals surface area contributed by atoms with Crippen molar-refractivity contribution >= 4 is 92.1 Å². The van der Waals surface area contributed by atoms with Gasteiger partial charge in [-0.25, -0.2) is 0 Å². The number of nitrogens with zero attached hydrogens (tertiary/aromatic N) is 3. The number of aryl methyl sites for hydroxylation is 1. The van der Waals surface area contributed by atoms with Crippen LogP contribution < -0.4 is 0 Å². The van der Waals surface area contributed by atoms with Gasteiger partial charge in [0.15, 0.2) is 0 Å². The van der Waals surface area contributed by atoms with Gasteiger partial charge in [0.25, 0.3) is 0 Å². The molecule has 16 aromatic rings. The van der Waals surface area contributed by atoms with Crippen molar-refractivity contribution in [1.82, 2.24) is 13.7 Å². The van der Waals surface area contributed by atoms with Gasteiger partial charge in [-0.05, 0) is 188 Å². The summed E-state index contributed by atoms with van der Waals surface area (Å²) in [6.07, 6.45) is 6.72. The Kier molecular flexibility index (Phi) is 10.4. The summed E-state index contributed by atoms with van der Waals surface area (Å²) in [6, 6.07) is 98.0. The summed E-state index contributed by atoms with van der Waals surface area (Å²) in [7, 11) is 0. The van der Waals surface area contributed by atoms with Crippen molar-refractivity contribution in [2.75, 3.05) is 0 Å². The highest BCUT2D eigenvalue weighted by atomic mass is 32.1. The molecule has 0 amide bonds. The van der Waals surface area contributed by atoms with Gasteiger partial charge in [0.1, 0.15) is 0 Å². The minimum absolute atomic E-state index is 0.165. The highest BCUT2D eigenvalue weighted by Crippen LogP contribution is 2.52. The smallest absolute Gasteiger partial charge is 0.0719 e. The van der Waals surface area contributed by atoms with E-state index in [9.17, 15) is 0 Å². The standard InChI is InChI=1S/C81H55N3S/c1-81(2)71-37-31-52(54-34-40-75-67(46-54)63-35-36-64-62-28-16-18-30-78(62)85-80(64)79(63)84(75)59-25-13-6-14-26-59)44-65(71)66-45-53(32-38-72(66)81)55-33-39-74-68(47-55)70-49-76-69(61-27-15-17-29-73(61)82(76)58-23-11-5-12-24-58)48-77(70)83(74)60-42-56(50-19-7-3-8-20-50)41-57(43-60)51-21-9-4-10-22-51/h3-14,16-26,28-49H,15,27H2,1-2H3. The third kappa shape index (κ3) is 7.25. The zero-order valence-electron chi connectivity index (χ0n) is 47.1. The Labute approximate surface area is 496 Å². The van der Waals surface area contributed by atoms with E-state index in [0.29, 0.717) is 0 Å². The molecule has 18 rings (SSSR count). The molecule has 12 aromatic carbocycles. The number of hydrogen-bond donors (Lipinski definition) is 0. The van der Waals surface area contributed by atoms with Gasteiger partial charge in [0.2, 0.25) is 0 Å². The Morgan fingerprint density at radius 2 is 0.847 bits per heavy atom. The molecule has 0 fully saturated rings. The molecule has 0 N–H and O–H groups in total. The van der Waals surface area contributed by atoms with Crippen molar-refractivity contribution in [2.24, 2.45) is 0 Å². The molecule has 4 heteroatoms. The molecule has 4 heterocycles. The largest absolute Gasteiger partial charge is 0.310 e. The minimum Gasteiger partial charge on any atom is -0.310 e. The first kappa shape index (κ1) is 48.3. The second-order valence-electron chi connectivity index (χ2n) is 23.9. The van der Waals surface area contributed by atoms with Crippen LogP contribution in [0.4, 0.5) is 0 Å². The molecule has 2 aliphatic rings. The van der Waals surface area contributed by atoms with E-state index in [4.69, 9.17) is 0 Å². The van der Waals surface area contributed by atoms with E-state index in [-0.39, 0.29) is 5.41 Å². The van der Waals surface area contributed by atoms with Crippen molar-refractivity contribution in [3.63, 3.8) is 0 Å². The average molecular weight is 1100 g/mol. The van der Waals surface area contributed by atoms with Gasteiger partial charge in [0, 0.05) is 70.6 Å². The lowest BCUT2D eigenvalue weighted by Crippen LogP contribution is -2.14. The molecular formula is C81H55N3S. The predicted octanol–water partition coefficient (Wildman–Crippen LogP) is 22.1. The molecule has 4 aromatic heterocycles. The normalized spacial score (nSPS) is 13.5. The maximum Gasteiger partial charge on any atom is 0.0719 e. The molecule has 0 saturated carbocycles. The third-order valence-corrected chi connectivity index (χ3v) is 20.1. The van der Waals surface area contributed by atoms with E-state index < -0.39 is 0 Å². The van der Waals surface area contributed by atoms with Crippen LogP contribution in [0, 0.1) is 0 Å². The summed E-state index contributed by atoms with van der Waals surface area (Å²) < 4.78 is 10.2. The summed E-state index contributed by atoms with van der Waals surface area (Å²) in [4.78, 5) is 0. The number of hydrogen-bond acceptors (Lipinski definition) is 1. The quantitative estimate of drug-likeness (QED) is 0.151. The van der Waals surface area contributed by atoms with Crippen molar-refractivity contribution in [3.8, 4) is 72.7 Å². The van der Waals surface area contributed by atoms with Crippen LogP contribution in [-0.4, -0.2) is 13.7 Å². The fourth-order valence-electron chi connectivity index (χ4n) is 14.8. The van der Waals surface area contributed by atoms with Crippen LogP contribution in [0.3, 0.4) is 0 Å².